The molecule has 1 aromatic carbocycles. The van der Waals surface area contributed by atoms with E-state index in [1.165, 1.54) is 26.4 Å². The van der Waals surface area contributed by atoms with Crippen LogP contribution in [-0.2, 0) is 9.53 Å². The summed E-state index contributed by atoms with van der Waals surface area (Å²) in [7, 11) is 1.47. The molecule has 0 N–H and O–H groups in total. The SMILES string of the molecule is COC(=O)C(CN1CCCCC1C)c1ccccc1. The third-order valence-corrected chi connectivity index (χ3v) is 4.05. The standard InChI is InChI=1S/C16H23NO2/c1-13-8-6-7-11-17(13)12-15(16(18)19-2)14-9-4-3-5-10-14/h3-5,9-10,13,15H,6-8,11-12H2,1-2H3. The zero-order valence-electron chi connectivity index (χ0n) is 11.8. The second kappa shape index (κ2) is 6.71. The Labute approximate surface area is 115 Å². The summed E-state index contributed by atoms with van der Waals surface area (Å²) >= 11 is 0. The maximum absolute atomic E-state index is 12.0. The molecule has 104 valence electrons. The van der Waals surface area contributed by atoms with Crippen LogP contribution in [0.3, 0.4) is 0 Å². The lowest BCUT2D eigenvalue weighted by atomic mass is 9.95. The minimum atomic E-state index is -0.174. The molecule has 2 unspecified atom stereocenters. The van der Waals surface area contributed by atoms with E-state index in [1.54, 1.807) is 0 Å². The first kappa shape index (κ1) is 14.1. The first-order chi connectivity index (χ1) is 9.22. The Morgan fingerprint density at radius 3 is 2.74 bits per heavy atom. The Morgan fingerprint density at radius 1 is 1.37 bits per heavy atom. The first-order valence-corrected chi connectivity index (χ1v) is 7.09. The number of hydrogen-bond acceptors (Lipinski definition) is 3. The normalized spacial score (nSPS) is 21.9. The van der Waals surface area contributed by atoms with Crippen LogP contribution in [0.2, 0.25) is 0 Å². The van der Waals surface area contributed by atoms with Crippen molar-refractivity contribution >= 4 is 5.97 Å². The van der Waals surface area contributed by atoms with E-state index in [0.717, 1.165) is 18.7 Å². The van der Waals surface area contributed by atoms with Crippen LogP contribution in [0.5, 0.6) is 0 Å². The highest BCUT2D eigenvalue weighted by atomic mass is 16.5. The number of ether oxygens (including phenoxy) is 1. The van der Waals surface area contributed by atoms with Crippen molar-refractivity contribution in [3.63, 3.8) is 0 Å². The molecule has 0 aromatic heterocycles. The number of hydrogen-bond donors (Lipinski definition) is 0. The molecule has 2 atom stereocenters. The number of rotatable bonds is 4. The van der Waals surface area contributed by atoms with Crippen LogP contribution in [0.4, 0.5) is 0 Å². The largest absolute Gasteiger partial charge is 0.469 e. The highest BCUT2D eigenvalue weighted by molar-refractivity contribution is 5.78. The molecule has 1 heterocycles. The molecule has 1 saturated heterocycles. The van der Waals surface area contributed by atoms with Gasteiger partial charge >= 0.3 is 5.97 Å². The molecule has 0 saturated carbocycles. The Hall–Kier alpha value is -1.35. The van der Waals surface area contributed by atoms with Gasteiger partial charge in [-0.15, -0.1) is 0 Å². The fourth-order valence-corrected chi connectivity index (χ4v) is 2.81. The van der Waals surface area contributed by atoms with Crippen LogP contribution in [0, 0.1) is 0 Å². The Morgan fingerprint density at radius 2 is 2.11 bits per heavy atom. The molecule has 0 bridgehead atoms. The Bertz CT molecular complexity index is 404. The van der Waals surface area contributed by atoms with Crippen LogP contribution < -0.4 is 0 Å². The number of nitrogens with zero attached hydrogens (tertiary/aromatic N) is 1. The van der Waals surface area contributed by atoms with Crippen molar-refractivity contribution in [2.45, 2.75) is 38.1 Å². The van der Waals surface area contributed by atoms with Crippen molar-refractivity contribution in [3.05, 3.63) is 35.9 Å². The molecule has 0 spiro atoms. The van der Waals surface area contributed by atoms with Crippen molar-refractivity contribution in [2.24, 2.45) is 0 Å². The predicted octanol–water partition coefficient (Wildman–Crippen LogP) is 2.82. The molecule has 2 rings (SSSR count). The summed E-state index contributed by atoms with van der Waals surface area (Å²) in [5.41, 5.74) is 1.05. The van der Waals surface area contributed by atoms with Crippen molar-refractivity contribution in [1.82, 2.24) is 4.90 Å². The number of esters is 1. The van der Waals surface area contributed by atoms with E-state index in [1.807, 2.05) is 30.3 Å². The van der Waals surface area contributed by atoms with E-state index < -0.39 is 0 Å². The highest BCUT2D eigenvalue weighted by Crippen LogP contribution is 2.23. The lowest BCUT2D eigenvalue weighted by Crippen LogP contribution is -2.41. The lowest BCUT2D eigenvalue weighted by Gasteiger charge is -2.35. The summed E-state index contributed by atoms with van der Waals surface area (Å²) in [6.07, 6.45) is 3.75. The van der Waals surface area contributed by atoms with Gasteiger partial charge in [0.25, 0.3) is 0 Å². The summed E-state index contributed by atoms with van der Waals surface area (Å²) in [5.74, 6) is -0.310. The van der Waals surface area contributed by atoms with Gasteiger partial charge in [0.15, 0.2) is 0 Å². The Kier molecular flexibility index (Phi) is 4.97. The van der Waals surface area contributed by atoms with Gasteiger partial charge in [0, 0.05) is 12.6 Å². The van der Waals surface area contributed by atoms with Gasteiger partial charge in [-0.2, -0.15) is 0 Å². The van der Waals surface area contributed by atoms with E-state index in [9.17, 15) is 4.79 Å². The number of methoxy groups -OCH3 is 1. The number of benzene rings is 1. The smallest absolute Gasteiger partial charge is 0.314 e. The monoisotopic (exact) mass is 261 g/mol. The molecule has 0 radical (unpaired) electrons. The van der Waals surface area contributed by atoms with Crippen LogP contribution in [0.1, 0.15) is 37.7 Å². The zero-order valence-corrected chi connectivity index (χ0v) is 11.8. The van der Waals surface area contributed by atoms with Crippen molar-refractivity contribution in [2.75, 3.05) is 20.2 Å². The van der Waals surface area contributed by atoms with Crippen molar-refractivity contribution < 1.29 is 9.53 Å². The van der Waals surface area contributed by atoms with E-state index in [2.05, 4.69) is 11.8 Å². The van der Waals surface area contributed by atoms with Crippen LogP contribution in [-0.4, -0.2) is 37.1 Å². The molecule has 1 aliphatic rings. The molecule has 3 heteroatoms. The topological polar surface area (TPSA) is 29.5 Å². The van der Waals surface area contributed by atoms with E-state index >= 15 is 0 Å². The fourth-order valence-electron chi connectivity index (χ4n) is 2.81. The quantitative estimate of drug-likeness (QED) is 0.781. The first-order valence-electron chi connectivity index (χ1n) is 7.09. The van der Waals surface area contributed by atoms with Crippen molar-refractivity contribution in [1.29, 1.82) is 0 Å². The summed E-state index contributed by atoms with van der Waals surface area (Å²) in [4.78, 5) is 14.5. The maximum Gasteiger partial charge on any atom is 0.314 e. The molecule has 1 fully saturated rings. The van der Waals surface area contributed by atoms with Gasteiger partial charge in [-0.3, -0.25) is 9.69 Å². The number of carbonyl (C=O) groups excluding carboxylic acids is 1. The van der Waals surface area contributed by atoms with Gasteiger partial charge in [-0.05, 0) is 31.9 Å². The van der Waals surface area contributed by atoms with E-state index in [0.29, 0.717) is 6.04 Å². The second-order valence-corrected chi connectivity index (χ2v) is 5.33. The molecule has 0 aliphatic carbocycles. The van der Waals surface area contributed by atoms with Crippen molar-refractivity contribution in [3.8, 4) is 0 Å². The van der Waals surface area contributed by atoms with Crippen LogP contribution >= 0.6 is 0 Å². The van der Waals surface area contributed by atoms with Gasteiger partial charge in [0.05, 0.1) is 13.0 Å². The van der Waals surface area contributed by atoms with E-state index in [-0.39, 0.29) is 11.9 Å². The average molecular weight is 261 g/mol. The Balaban J connectivity index is 2.12. The third-order valence-electron chi connectivity index (χ3n) is 4.05. The minimum absolute atomic E-state index is 0.135. The molecular formula is C16H23NO2. The van der Waals surface area contributed by atoms with Gasteiger partial charge in [0.2, 0.25) is 0 Å². The highest BCUT2D eigenvalue weighted by Gasteiger charge is 2.27. The molecule has 1 aliphatic heterocycles. The average Bonchev–Trinajstić information content (AvgIpc) is 2.46. The zero-order chi connectivity index (χ0) is 13.7. The summed E-state index contributed by atoms with van der Waals surface area (Å²) in [6, 6.07) is 10.5. The predicted molar refractivity (Wildman–Crippen MR) is 76.1 cm³/mol. The number of piperidine rings is 1. The number of carbonyl (C=O) groups is 1. The summed E-state index contributed by atoms with van der Waals surface area (Å²) < 4.78 is 4.98. The summed E-state index contributed by atoms with van der Waals surface area (Å²) in [5, 5.41) is 0. The minimum Gasteiger partial charge on any atom is -0.469 e. The molecular weight excluding hydrogens is 238 g/mol. The molecule has 0 amide bonds. The molecule has 1 aromatic rings. The fraction of sp³-hybridized carbons (Fsp3) is 0.562. The lowest BCUT2D eigenvalue weighted by molar-refractivity contribution is -0.143. The third kappa shape index (κ3) is 3.57. The maximum atomic E-state index is 12.0. The van der Waals surface area contributed by atoms with Gasteiger partial charge in [0.1, 0.15) is 0 Å². The van der Waals surface area contributed by atoms with E-state index in [4.69, 9.17) is 4.74 Å². The van der Waals surface area contributed by atoms with Gasteiger partial charge in [-0.25, -0.2) is 0 Å². The van der Waals surface area contributed by atoms with Crippen LogP contribution in [0.15, 0.2) is 30.3 Å². The van der Waals surface area contributed by atoms with Crippen LogP contribution in [0.25, 0.3) is 0 Å². The number of likely N-dealkylation sites (tertiary alicyclic amines) is 1. The van der Waals surface area contributed by atoms with Gasteiger partial charge < -0.3 is 4.74 Å². The molecule has 3 nitrogen and oxygen atoms in total. The van der Waals surface area contributed by atoms with Gasteiger partial charge in [-0.1, -0.05) is 36.8 Å². The summed E-state index contributed by atoms with van der Waals surface area (Å²) in [6.45, 7) is 4.10. The molecule has 19 heavy (non-hydrogen) atoms. The second-order valence-electron chi connectivity index (χ2n) is 5.33.